The van der Waals surface area contributed by atoms with E-state index in [0.717, 1.165) is 5.56 Å². The van der Waals surface area contributed by atoms with Crippen LogP contribution < -0.4 is 26.6 Å². The summed E-state index contributed by atoms with van der Waals surface area (Å²) in [7, 11) is 0. The third-order valence-electron chi connectivity index (χ3n) is 5.45. The Morgan fingerprint density at radius 3 is 1.60 bits per heavy atom. The third-order valence-corrected chi connectivity index (χ3v) is 5.45. The maximum Gasteiger partial charge on any atom is 0.408 e. The molecule has 2 rings (SSSR count). The van der Waals surface area contributed by atoms with Gasteiger partial charge in [0.2, 0.25) is 23.6 Å². The van der Waals surface area contributed by atoms with Crippen LogP contribution in [0, 0.1) is 0 Å². The standard InChI is InChI=1S/C28H33N5O10/c34-22(29-14-23(35)31-16-25(37)38)13-30-24(36)15-32-27(40)21(33-28(41)43-18-20-9-5-2-6-10-20)11-12-26(39)42-17-19-7-3-1-4-8-19/h1-10,21H,11-18H2,(H,29,34)(H,30,36)(H,31,35)(H,32,40)(H,33,41)(H,37,38)/t21-/m1/s1. The summed E-state index contributed by atoms with van der Waals surface area (Å²) in [5.41, 5.74) is 1.48. The first-order valence-electron chi connectivity index (χ1n) is 13.1. The van der Waals surface area contributed by atoms with Crippen LogP contribution in [0.1, 0.15) is 24.0 Å². The van der Waals surface area contributed by atoms with Gasteiger partial charge < -0.3 is 41.2 Å². The number of hydrogen-bond acceptors (Lipinski definition) is 9. The van der Waals surface area contributed by atoms with E-state index in [2.05, 4.69) is 26.6 Å². The second-order valence-electron chi connectivity index (χ2n) is 8.89. The van der Waals surface area contributed by atoms with Crippen LogP contribution >= 0.6 is 0 Å². The Morgan fingerprint density at radius 1 is 0.628 bits per heavy atom. The number of aliphatic carboxylic acids is 1. The number of carboxylic acids is 1. The molecule has 0 spiro atoms. The molecule has 0 aliphatic carbocycles. The first-order valence-corrected chi connectivity index (χ1v) is 13.1. The fourth-order valence-electron chi connectivity index (χ4n) is 3.26. The van der Waals surface area contributed by atoms with E-state index in [4.69, 9.17) is 14.6 Å². The number of amides is 5. The Balaban J connectivity index is 1.82. The molecule has 2 aromatic carbocycles. The van der Waals surface area contributed by atoms with E-state index < -0.39 is 73.9 Å². The predicted octanol–water partition coefficient (Wildman–Crippen LogP) is -0.646. The van der Waals surface area contributed by atoms with Crippen molar-refractivity contribution in [3.05, 3.63) is 71.8 Å². The molecule has 5 amide bonds. The molecule has 0 unspecified atom stereocenters. The smallest absolute Gasteiger partial charge is 0.408 e. The molecule has 0 heterocycles. The highest BCUT2D eigenvalue weighted by Gasteiger charge is 2.23. The monoisotopic (exact) mass is 599 g/mol. The van der Waals surface area contributed by atoms with Crippen LogP contribution in [-0.4, -0.2) is 79.0 Å². The molecule has 0 aliphatic heterocycles. The van der Waals surface area contributed by atoms with Crippen molar-refractivity contribution in [1.82, 2.24) is 26.6 Å². The van der Waals surface area contributed by atoms with E-state index in [1.165, 1.54) is 0 Å². The summed E-state index contributed by atoms with van der Waals surface area (Å²) >= 11 is 0. The lowest BCUT2D eigenvalue weighted by Crippen LogP contribution is -2.50. The van der Waals surface area contributed by atoms with Crippen LogP contribution in [0.4, 0.5) is 4.79 Å². The summed E-state index contributed by atoms with van der Waals surface area (Å²) in [5, 5.41) is 19.7. The van der Waals surface area contributed by atoms with Crippen LogP contribution in [0.3, 0.4) is 0 Å². The molecule has 230 valence electrons. The van der Waals surface area contributed by atoms with Crippen molar-refractivity contribution in [3.8, 4) is 0 Å². The number of esters is 1. The molecule has 0 bridgehead atoms. The number of nitrogens with one attached hydrogen (secondary N) is 5. The van der Waals surface area contributed by atoms with E-state index in [1.807, 2.05) is 6.07 Å². The Hall–Kier alpha value is -5.47. The minimum atomic E-state index is -1.26. The molecular formula is C28H33N5O10. The van der Waals surface area contributed by atoms with Gasteiger partial charge in [-0.15, -0.1) is 0 Å². The fourth-order valence-corrected chi connectivity index (χ4v) is 3.26. The SMILES string of the molecule is O=C(O)CNC(=O)CNC(=O)CNC(=O)CNC(=O)[C@@H](CCC(=O)OCc1ccccc1)NC(=O)OCc1ccccc1. The molecule has 0 radical (unpaired) electrons. The summed E-state index contributed by atoms with van der Waals surface area (Å²) in [6, 6.07) is 16.5. The molecule has 0 saturated carbocycles. The van der Waals surface area contributed by atoms with Gasteiger partial charge in [0.15, 0.2) is 0 Å². The van der Waals surface area contributed by atoms with Gasteiger partial charge in [-0.2, -0.15) is 0 Å². The van der Waals surface area contributed by atoms with E-state index in [9.17, 15) is 33.6 Å². The van der Waals surface area contributed by atoms with Gasteiger partial charge in [0.1, 0.15) is 25.8 Å². The van der Waals surface area contributed by atoms with Gasteiger partial charge in [0.05, 0.1) is 19.6 Å². The Bertz CT molecular complexity index is 1260. The van der Waals surface area contributed by atoms with E-state index in [1.54, 1.807) is 54.6 Å². The highest BCUT2D eigenvalue weighted by atomic mass is 16.5. The summed E-state index contributed by atoms with van der Waals surface area (Å²) in [6.45, 7) is -2.24. The van der Waals surface area contributed by atoms with Crippen LogP contribution in [0.5, 0.6) is 0 Å². The molecule has 15 nitrogen and oxygen atoms in total. The van der Waals surface area contributed by atoms with E-state index in [0.29, 0.717) is 5.56 Å². The van der Waals surface area contributed by atoms with Gasteiger partial charge in [-0.25, -0.2) is 4.79 Å². The zero-order valence-electron chi connectivity index (χ0n) is 23.1. The lowest BCUT2D eigenvalue weighted by Gasteiger charge is -2.18. The summed E-state index contributed by atoms with van der Waals surface area (Å²) in [5.74, 6) is -4.88. The number of carbonyl (C=O) groups excluding carboxylic acids is 6. The topological polar surface area (TPSA) is 218 Å². The van der Waals surface area contributed by atoms with Crippen LogP contribution in [-0.2, 0) is 51.5 Å². The van der Waals surface area contributed by atoms with Crippen molar-refractivity contribution in [3.63, 3.8) is 0 Å². The van der Waals surface area contributed by atoms with Crippen LogP contribution in [0.2, 0.25) is 0 Å². The van der Waals surface area contributed by atoms with Crippen molar-refractivity contribution in [1.29, 1.82) is 0 Å². The number of alkyl carbamates (subject to hydrolysis) is 1. The third kappa shape index (κ3) is 15.2. The van der Waals surface area contributed by atoms with Gasteiger partial charge in [-0.05, 0) is 17.5 Å². The normalized spacial score (nSPS) is 10.8. The molecule has 43 heavy (non-hydrogen) atoms. The molecule has 1 atom stereocenters. The number of rotatable bonds is 17. The van der Waals surface area contributed by atoms with Gasteiger partial charge in [0.25, 0.3) is 0 Å². The van der Waals surface area contributed by atoms with Crippen molar-refractivity contribution in [2.75, 3.05) is 26.2 Å². The number of hydrogen-bond donors (Lipinski definition) is 6. The van der Waals surface area contributed by atoms with Gasteiger partial charge in [-0.3, -0.25) is 28.8 Å². The number of carbonyl (C=O) groups is 7. The largest absolute Gasteiger partial charge is 0.480 e. The van der Waals surface area contributed by atoms with Crippen molar-refractivity contribution in [2.24, 2.45) is 0 Å². The number of ether oxygens (including phenoxy) is 2. The molecule has 2 aromatic rings. The second kappa shape index (κ2) is 18.8. The quantitative estimate of drug-likeness (QED) is 0.126. The first kappa shape index (κ1) is 33.7. The van der Waals surface area contributed by atoms with Gasteiger partial charge >= 0.3 is 18.0 Å². The zero-order valence-corrected chi connectivity index (χ0v) is 23.1. The minimum Gasteiger partial charge on any atom is -0.480 e. The summed E-state index contributed by atoms with van der Waals surface area (Å²) < 4.78 is 10.4. The summed E-state index contributed by atoms with van der Waals surface area (Å²) in [6.07, 6.45) is -1.31. The van der Waals surface area contributed by atoms with Gasteiger partial charge in [-0.1, -0.05) is 60.7 Å². The summed E-state index contributed by atoms with van der Waals surface area (Å²) in [4.78, 5) is 83.2. The maximum absolute atomic E-state index is 12.8. The van der Waals surface area contributed by atoms with E-state index in [-0.39, 0.29) is 26.1 Å². The Morgan fingerprint density at radius 2 is 1.09 bits per heavy atom. The second-order valence-corrected chi connectivity index (χ2v) is 8.89. The first-order chi connectivity index (χ1) is 20.6. The Labute approximate surface area is 246 Å². The average molecular weight is 600 g/mol. The molecule has 0 aromatic heterocycles. The highest BCUT2D eigenvalue weighted by Crippen LogP contribution is 2.06. The van der Waals surface area contributed by atoms with Crippen LogP contribution in [0.15, 0.2) is 60.7 Å². The lowest BCUT2D eigenvalue weighted by atomic mass is 10.1. The lowest BCUT2D eigenvalue weighted by molar-refractivity contribution is -0.145. The average Bonchev–Trinajstić information content (AvgIpc) is 3.01. The predicted molar refractivity (Wildman–Crippen MR) is 149 cm³/mol. The van der Waals surface area contributed by atoms with E-state index >= 15 is 0 Å². The molecule has 0 saturated heterocycles. The molecule has 15 heteroatoms. The Kier molecular flexibility index (Phi) is 14.7. The van der Waals surface area contributed by atoms with Gasteiger partial charge in [0, 0.05) is 6.42 Å². The van der Waals surface area contributed by atoms with Crippen molar-refractivity contribution >= 4 is 41.7 Å². The van der Waals surface area contributed by atoms with Crippen LogP contribution in [0.25, 0.3) is 0 Å². The zero-order chi connectivity index (χ0) is 31.5. The molecule has 6 N–H and O–H groups in total. The minimum absolute atomic E-state index is 0.0316. The molecule has 0 fully saturated rings. The fraction of sp³-hybridized carbons (Fsp3) is 0.321. The highest BCUT2D eigenvalue weighted by molar-refractivity contribution is 5.92. The number of benzene rings is 2. The maximum atomic E-state index is 12.8. The number of carboxylic acid groups (broad SMARTS) is 1. The molecule has 0 aliphatic rings. The van der Waals surface area contributed by atoms with Crippen molar-refractivity contribution in [2.45, 2.75) is 32.1 Å². The molecular weight excluding hydrogens is 566 g/mol. The van der Waals surface area contributed by atoms with Crippen molar-refractivity contribution < 1.29 is 48.1 Å².